The predicted molar refractivity (Wildman–Crippen MR) is 79.5 cm³/mol. The van der Waals surface area contributed by atoms with Crippen molar-refractivity contribution in [3.05, 3.63) is 0 Å². The van der Waals surface area contributed by atoms with Crippen LogP contribution in [0.25, 0.3) is 0 Å². The van der Waals surface area contributed by atoms with Crippen molar-refractivity contribution in [1.82, 2.24) is 15.1 Å². The molecule has 0 aromatic heterocycles. The summed E-state index contributed by atoms with van der Waals surface area (Å²) >= 11 is 6.20. The number of ether oxygens (including phenoxy) is 2. The maximum absolute atomic E-state index is 6.20. The molecule has 0 aliphatic carbocycles. The third kappa shape index (κ3) is 2.63. The zero-order valence-corrected chi connectivity index (χ0v) is 12.6. The Morgan fingerprint density at radius 3 is 2.52 bits per heavy atom. The van der Waals surface area contributed by atoms with Crippen molar-refractivity contribution < 1.29 is 9.47 Å². The molecule has 4 heterocycles. The Bertz CT molecular complexity index is 449. The first kappa shape index (κ1) is 13.8. The molecule has 7 nitrogen and oxygen atoms in total. The highest BCUT2D eigenvalue weighted by Crippen LogP contribution is 2.30. The number of aliphatic imine (C=N–C) groups is 2. The molecule has 2 bridgehead atoms. The minimum absolute atomic E-state index is 0.142. The van der Waals surface area contributed by atoms with Crippen LogP contribution in [0.3, 0.4) is 0 Å². The number of guanidine groups is 1. The Morgan fingerprint density at radius 1 is 1.10 bits per heavy atom. The number of nitrogens with one attached hydrogen (secondary N) is 1. The molecule has 1 N–H and O–H groups in total. The molecule has 3 atom stereocenters. The molecular formula is C13H20ClN5O2. The number of amidine groups is 1. The molecule has 0 spiro atoms. The molecule has 0 aromatic rings. The largest absolute Gasteiger partial charge is 0.379 e. The van der Waals surface area contributed by atoms with Crippen LogP contribution in [0.2, 0.25) is 0 Å². The summed E-state index contributed by atoms with van der Waals surface area (Å²) in [6.45, 7) is 4.71. The van der Waals surface area contributed by atoms with Gasteiger partial charge in [-0.3, -0.25) is 4.90 Å². The van der Waals surface area contributed by atoms with Crippen molar-refractivity contribution in [1.29, 1.82) is 0 Å². The lowest BCUT2D eigenvalue weighted by molar-refractivity contribution is 0.00995. The number of halogens is 1. The Morgan fingerprint density at radius 2 is 1.81 bits per heavy atom. The second kappa shape index (κ2) is 5.72. The summed E-state index contributed by atoms with van der Waals surface area (Å²) in [5.41, 5.74) is 0. The van der Waals surface area contributed by atoms with Gasteiger partial charge in [0.25, 0.3) is 0 Å². The number of hydrogen-bond donors (Lipinski definition) is 1. The van der Waals surface area contributed by atoms with Gasteiger partial charge in [0.1, 0.15) is 0 Å². The standard InChI is InChI=1S/C13H20ClN5O2/c14-11-15-12(18-3-5-20-6-4-18)17-13(16-11)19-9-1-2-10(19)8-21-7-9/h9-10,12H,1-8H2,(H,15,16,17). The summed E-state index contributed by atoms with van der Waals surface area (Å²) in [7, 11) is 0. The van der Waals surface area contributed by atoms with Gasteiger partial charge in [-0.15, -0.1) is 0 Å². The zero-order valence-electron chi connectivity index (χ0n) is 11.9. The SMILES string of the molecule is ClC1=NC(N2C3CCC2COC3)=NC(N2CCOCC2)N1. The molecule has 0 radical (unpaired) electrons. The van der Waals surface area contributed by atoms with E-state index >= 15 is 0 Å². The van der Waals surface area contributed by atoms with Gasteiger partial charge in [0.05, 0.1) is 38.5 Å². The fourth-order valence-electron chi connectivity index (χ4n) is 3.47. The lowest BCUT2D eigenvalue weighted by atomic mass is 10.2. The van der Waals surface area contributed by atoms with E-state index in [1.54, 1.807) is 0 Å². The molecule has 116 valence electrons. The van der Waals surface area contributed by atoms with Crippen LogP contribution in [-0.2, 0) is 9.47 Å². The van der Waals surface area contributed by atoms with Gasteiger partial charge in [-0.05, 0) is 24.4 Å². The molecule has 3 fully saturated rings. The number of morpholine rings is 2. The normalized spacial score (nSPS) is 37.0. The summed E-state index contributed by atoms with van der Waals surface area (Å²) in [4.78, 5) is 13.8. The lowest BCUT2D eigenvalue weighted by Crippen LogP contribution is -2.56. The summed E-state index contributed by atoms with van der Waals surface area (Å²) < 4.78 is 11.0. The molecule has 3 unspecified atom stereocenters. The second-order valence-electron chi connectivity index (χ2n) is 5.83. The molecule has 4 rings (SSSR count). The molecule has 3 saturated heterocycles. The lowest BCUT2D eigenvalue weighted by Gasteiger charge is -2.39. The first-order valence-corrected chi connectivity index (χ1v) is 7.95. The van der Waals surface area contributed by atoms with Gasteiger partial charge in [0, 0.05) is 13.1 Å². The van der Waals surface area contributed by atoms with E-state index in [1.165, 1.54) is 0 Å². The van der Waals surface area contributed by atoms with E-state index < -0.39 is 0 Å². The number of hydrogen-bond acceptors (Lipinski definition) is 7. The van der Waals surface area contributed by atoms with Gasteiger partial charge in [-0.2, -0.15) is 4.99 Å². The summed E-state index contributed by atoms with van der Waals surface area (Å²) in [6.07, 6.45) is 2.15. The highest BCUT2D eigenvalue weighted by Gasteiger charge is 2.40. The van der Waals surface area contributed by atoms with E-state index in [9.17, 15) is 0 Å². The maximum atomic E-state index is 6.20. The molecule has 0 saturated carbocycles. The summed E-state index contributed by atoms with van der Waals surface area (Å²) in [5.74, 6) is 0.756. The van der Waals surface area contributed by atoms with E-state index in [0.717, 1.165) is 58.3 Å². The van der Waals surface area contributed by atoms with Crippen molar-refractivity contribution in [2.45, 2.75) is 31.2 Å². The quantitative estimate of drug-likeness (QED) is 0.692. The zero-order chi connectivity index (χ0) is 14.2. The van der Waals surface area contributed by atoms with Crippen molar-refractivity contribution in [2.75, 3.05) is 39.5 Å². The smallest absolute Gasteiger partial charge is 0.227 e. The van der Waals surface area contributed by atoms with E-state index in [4.69, 9.17) is 26.1 Å². The molecule has 0 aromatic carbocycles. The third-order valence-corrected chi connectivity index (χ3v) is 4.74. The van der Waals surface area contributed by atoms with Crippen molar-refractivity contribution in [3.8, 4) is 0 Å². The minimum atomic E-state index is -0.142. The summed E-state index contributed by atoms with van der Waals surface area (Å²) in [6, 6.07) is 0.776. The van der Waals surface area contributed by atoms with Crippen LogP contribution in [0.4, 0.5) is 0 Å². The average Bonchev–Trinajstić information content (AvgIpc) is 2.77. The van der Waals surface area contributed by atoms with Gasteiger partial charge < -0.3 is 19.7 Å². The Kier molecular flexibility index (Phi) is 3.74. The van der Waals surface area contributed by atoms with Crippen LogP contribution in [0.1, 0.15) is 12.8 Å². The minimum Gasteiger partial charge on any atom is -0.379 e. The summed E-state index contributed by atoms with van der Waals surface area (Å²) in [5, 5.41) is 3.56. The molecule has 0 amide bonds. The first-order valence-electron chi connectivity index (χ1n) is 7.58. The fourth-order valence-corrected chi connectivity index (χ4v) is 3.64. The molecule has 21 heavy (non-hydrogen) atoms. The number of nitrogens with zero attached hydrogens (tertiary/aromatic N) is 4. The predicted octanol–water partition coefficient (Wildman–Crippen LogP) is 0.0194. The van der Waals surface area contributed by atoms with Gasteiger partial charge in [0.2, 0.25) is 11.3 Å². The van der Waals surface area contributed by atoms with Gasteiger partial charge in [-0.1, -0.05) is 0 Å². The van der Waals surface area contributed by atoms with Crippen molar-refractivity contribution in [3.63, 3.8) is 0 Å². The number of rotatable bonds is 1. The molecular weight excluding hydrogens is 294 g/mol. The van der Waals surface area contributed by atoms with E-state index in [0.29, 0.717) is 17.4 Å². The molecule has 8 heteroatoms. The highest BCUT2D eigenvalue weighted by atomic mass is 35.5. The molecule has 4 aliphatic heterocycles. The topological polar surface area (TPSA) is 61.7 Å². The van der Waals surface area contributed by atoms with E-state index in [-0.39, 0.29) is 6.29 Å². The Hall–Kier alpha value is -0.890. The van der Waals surface area contributed by atoms with Crippen LogP contribution in [0, 0.1) is 0 Å². The van der Waals surface area contributed by atoms with Crippen molar-refractivity contribution >= 4 is 22.9 Å². The van der Waals surface area contributed by atoms with Crippen LogP contribution in [0.5, 0.6) is 0 Å². The third-order valence-electron chi connectivity index (χ3n) is 4.55. The highest BCUT2D eigenvalue weighted by molar-refractivity contribution is 6.65. The van der Waals surface area contributed by atoms with Gasteiger partial charge in [0.15, 0.2) is 6.29 Å². The average molecular weight is 314 g/mol. The maximum Gasteiger partial charge on any atom is 0.227 e. The second-order valence-corrected chi connectivity index (χ2v) is 6.19. The monoisotopic (exact) mass is 313 g/mol. The van der Waals surface area contributed by atoms with Crippen molar-refractivity contribution in [2.24, 2.45) is 9.98 Å². The fraction of sp³-hybridized carbons (Fsp3) is 0.846. The van der Waals surface area contributed by atoms with Crippen LogP contribution < -0.4 is 5.32 Å². The van der Waals surface area contributed by atoms with E-state index in [2.05, 4.69) is 20.1 Å². The van der Waals surface area contributed by atoms with Gasteiger partial charge >= 0.3 is 0 Å². The molecule has 4 aliphatic rings. The Labute approximate surface area is 128 Å². The van der Waals surface area contributed by atoms with Crippen LogP contribution in [-0.4, -0.2) is 78.9 Å². The Balaban J connectivity index is 1.56. The van der Waals surface area contributed by atoms with E-state index in [1.807, 2.05) is 0 Å². The van der Waals surface area contributed by atoms with Crippen LogP contribution >= 0.6 is 11.6 Å². The first-order chi connectivity index (χ1) is 10.3. The number of fused-ring (bicyclic) bond motifs is 2. The van der Waals surface area contributed by atoms with Gasteiger partial charge in [-0.25, -0.2) is 4.99 Å². The van der Waals surface area contributed by atoms with Crippen LogP contribution in [0.15, 0.2) is 9.98 Å².